The molecule has 18 heavy (non-hydrogen) atoms. The van der Waals surface area contributed by atoms with Gasteiger partial charge in [0.05, 0.1) is 21.8 Å². The Morgan fingerprint density at radius 3 is 1.44 bits per heavy atom. The standard InChI is InChI=1S/2C6H8BrNO/c2*7-5-2-1-3-9-6(5)4-8/h2*5-6H,1-3H2/t2*5-,6+/m10/s1. The second-order valence-corrected chi connectivity index (χ2v) is 6.51. The van der Waals surface area contributed by atoms with Crippen LogP contribution in [0.1, 0.15) is 25.7 Å². The lowest BCUT2D eigenvalue weighted by Crippen LogP contribution is -2.27. The summed E-state index contributed by atoms with van der Waals surface area (Å²) in [7, 11) is 0. The van der Waals surface area contributed by atoms with E-state index in [1.165, 1.54) is 0 Å². The van der Waals surface area contributed by atoms with Crippen molar-refractivity contribution in [2.24, 2.45) is 0 Å². The fourth-order valence-electron chi connectivity index (χ4n) is 1.73. The SMILES string of the molecule is N#C[C@@H]1OCCC[C@H]1Br.N#C[C@H]1OCCC[C@@H]1Br. The van der Waals surface area contributed by atoms with Crippen molar-refractivity contribution in [2.75, 3.05) is 13.2 Å². The van der Waals surface area contributed by atoms with E-state index in [9.17, 15) is 0 Å². The van der Waals surface area contributed by atoms with E-state index in [0.29, 0.717) is 0 Å². The topological polar surface area (TPSA) is 66.0 Å². The van der Waals surface area contributed by atoms with Gasteiger partial charge in [0.1, 0.15) is 0 Å². The maximum absolute atomic E-state index is 8.46. The molecule has 6 heteroatoms. The van der Waals surface area contributed by atoms with Crippen molar-refractivity contribution >= 4 is 31.9 Å². The Morgan fingerprint density at radius 1 is 0.833 bits per heavy atom. The molecule has 2 rings (SSSR count). The molecule has 2 heterocycles. The largest absolute Gasteiger partial charge is 0.362 e. The highest BCUT2D eigenvalue weighted by Gasteiger charge is 2.23. The highest BCUT2D eigenvalue weighted by molar-refractivity contribution is 9.09. The van der Waals surface area contributed by atoms with Crippen LogP contribution in [0.3, 0.4) is 0 Å². The van der Waals surface area contributed by atoms with E-state index < -0.39 is 0 Å². The summed E-state index contributed by atoms with van der Waals surface area (Å²) in [5, 5.41) is 16.9. The number of ether oxygens (including phenoxy) is 2. The molecule has 4 nitrogen and oxygen atoms in total. The van der Waals surface area contributed by atoms with Crippen LogP contribution in [0, 0.1) is 22.7 Å². The lowest BCUT2D eigenvalue weighted by Gasteiger charge is -2.21. The predicted octanol–water partition coefficient (Wildman–Crippen LogP) is 2.90. The number of nitriles is 2. The van der Waals surface area contributed by atoms with E-state index in [-0.39, 0.29) is 21.9 Å². The smallest absolute Gasteiger partial charge is 0.156 e. The minimum Gasteiger partial charge on any atom is -0.362 e. The van der Waals surface area contributed by atoms with Crippen LogP contribution in [0.5, 0.6) is 0 Å². The zero-order valence-electron chi connectivity index (χ0n) is 10.0. The Hall–Kier alpha value is -0.140. The average Bonchev–Trinajstić information content (AvgIpc) is 2.41. The van der Waals surface area contributed by atoms with Crippen LogP contribution < -0.4 is 0 Å². The van der Waals surface area contributed by atoms with Gasteiger partial charge in [-0.15, -0.1) is 0 Å². The molecule has 4 atom stereocenters. The molecule has 0 bridgehead atoms. The van der Waals surface area contributed by atoms with Gasteiger partial charge in [0, 0.05) is 13.2 Å². The normalized spacial score (nSPS) is 35.6. The first-order valence-corrected chi connectivity index (χ1v) is 7.82. The predicted molar refractivity (Wildman–Crippen MR) is 74.6 cm³/mol. The van der Waals surface area contributed by atoms with Gasteiger partial charge in [-0.05, 0) is 25.7 Å². The van der Waals surface area contributed by atoms with Crippen LogP contribution in [-0.4, -0.2) is 35.1 Å². The number of nitrogens with zero attached hydrogens (tertiary/aromatic N) is 2. The first-order chi connectivity index (χ1) is 8.69. The molecular weight excluding hydrogens is 364 g/mol. The van der Waals surface area contributed by atoms with Gasteiger partial charge in [0.25, 0.3) is 0 Å². The Balaban J connectivity index is 0.000000180. The molecule has 100 valence electrons. The van der Waals surface area contributed by atoms with Gasteiger partial charge in [-0.2, -0.15) is 10.5 Å². The molecule has 2 aliphatic heterocycles. The van der Waals surface area contributed by atoms with E-state index in [1.54, 1.807) is 0 Å². The van der Waals surface area contributed by atoms with Gasteiger partial charge in [-0.25, -0.2) is 0 Å². The van der Waals surface area contributed by atoms with Crippen LogP contribution in [0.4, 0.5) is 0 Å². The maximum atomic E-state index is 8.46. The van der Waals surface area contributed by atoms with Crippen molar-refractivity contribution < 1.29 is 9.47 Å². The third-order valence-electron chi connectivity index (χ3n) is 2.75. The molecule has 2 fully saturated rings. The second kappa shape index (κ2) is 8.87. The summed E-state index contributed by atoms with van der Waals surface area (Å²) in [6, 6.07) is 4.17. The zero-order chi connectivity index (χ0) is 13.4. The average molecular weight is 380 g/mol. The molecule has 0 aliphatic carbocycles. The highest BCUT2D eigenvalue weighted by atomic mass is 79.9. The van der Waals surface area contributed by atoms with Crippen molar-refractivity contribution in [3.63, 3.8) is 0 Å². The number of hydrogen-bond acceptors (Lipinski definition) is 4. The van der Waals surface area contributed by atoms with Crippen molar-refractivity contribution in [1.29, 1.82) is 10.5 Å². The van der Waals surface area contributed by atoms with Crippen LogP contribution in [0.25, 0.3) is 0 Å². The lowest BCUT2D eigenvalue weighted by atomic mass is 10.1. The van der Waals surface area contributed by atoms with E-state index in [0.717, 1.165) is 38.9 Å². The van der Waals surface area contributed by atoms with Gasteiger partial charge in [-0.1, -0.05) is 31.9 Å². The van der Waals surface area contributed by atoms with Crippen LogP contribution in [0.2, 0.25) is 0 Å². The number of rotatable bonds is 0. The summed E-state index contributed by atoms with van der Waals surface area (Å²) < 4.78 is 10.3. The number of alkyl halides is 2. The molecule has 0 saturated carbocycles. The first kappa shape index (κ1) is 15.9. The summed E-state index contributed by atoms with van der Waals surface area (Å²) in [5.74, 6) is 0. The summed E-state index contributed by atoms with van der Waals surface area (Å²) in [6.45, 7) is 1.47. The molecule has 0 N–H and O–H groups in total. The third kappa shape index (κ3) is 5.24. The van der Waals surface area contributed by atoms with Crippen molar-refractivity contribution in [1.82, 2.24) is 0 Å². The molecule has 2 saturated heterocycles. The molecule has 0 amide bonds. The van der Waals surface area contributed by atoms with E-state index in [1.807, 2.05) is 0 Å². The van der Waals surface area contributed by atoms with E-state index >= 15 is 0 Å². The lowest BCUT2D eigenvalue weighted by molar-refractivity contribution is 0.0577. The summed E-state index contributed by atoms with van der Waals surface area (Å²) in [6.07, 6.45) is 3.79. The Bertz CT molecular complexity index is 295. The second-order valence-electron chi connectivity index (χ2n) is 4.16. The van der Waals surface area contributed by atoms with E-state index in [2.05, 4.69) is 44.0 Å². The zero-order valence-corrected chi connectivity index (χ0v) is 13.2. The fourth-order valence-corrected chi connectivity index (χ4v) is 2.91. The summed E-state index contributed by atoms with van der Waals surface area (Å²) >= 11 is 6.73. The quantitative estimate of drug-likeness (QED) is 0.607. The van der Waals surface area contributed by atoms with Gasteiger partial charge in [0.15, 0.2) is 12.2 Å². The number of halogens is 2. The Kier molecular flexibility index (Phi) is 7.85. The Labute approximate surface area is 124 Å². The van der Waals surface area contributed by atoms with E-state index in [4.69, 9.17) is 20.0 Å². The van der Waals surface area contributed by atoms with Gasteiger partial charge in [0.2, 0.25) is 0 Å². The van der Waals surface area contributed by atoms with Crippen molar-refractivity contribution in [3.05, 3.63) is 0 Å². The number of hydrogen-bond donors (Lipinski definition) is 0. The highest BCUT2D eigenvalue weighted by Crippen LogP contribution is 2.20. The molecule has 0 spiro atoms. The van der Waals surface area contributed by atoms with Crippen LogP contribution in [-0.2, 0) is 9.47 Å². The molecular formula is C12H16Br2N2O2. The van der Waals surface area contributed by atoms with Gasteiger partial charge < -0.3 is 9.47 Å². The monoisotopic (exact) mass is 378 g/mol. The minimum absolute atomic E-state index is 0.223. The third-order valence-corrected chi connectivity index (χ3v) is 4.63. The molecule has 0 unspecified atom stereocenters. The van der Waals surface area contributed by atoms with Crippen molar-refractivity contribution in [3.8, 4) is 12.1 Å². The minimum atomic E-state index is -0.223. The summed E-state index contributed by atoms with van der Waals surface area (Å²) in [5.41, 5.74) is 0. The first-order valence-electron chi connectivity index (χ1n) is 5.99. The van der Waals surface area contributed by atoms with Crippen LogP contribution in [0.15, 0.2) is 0 Å². The molecule has 0 aromatic carbocycles. The maximum Gasteiger partial charge on any atom is 0.156 e. The molecule has 0 aromatic rings. The Morgan fingerprint density at radius 2 is 1.22 bits per heavy atom. The molecule has 0 aromatic heterocycles. The molecule has 2 aliphatic rings. The van der Waals surface area contributed by atoms with Crippen LogP contribution >= 0.6 is 31.9 Å². The van der Waals surface area contributed by atoms with Gasteiger partial charge in [-0.3, -0.25) is 0 Å². The molecule has 0 radical (unpaired) electrons. The fraction of sp³-hybridized carbons (Fsp3) is 0.833. The van der Waals surface area contributed by atoms with Crippen molar-refractivity contribution in [2.45, 2.75) is 47.5 Å². The summed E-state index contributed by atoms with van der Waals surface area (Å²) in [4.78, 5) is 0.493. The van der Waals surface area contributed by atoms with Gasteiger partial charge >= 0.3 is 0 Å².